The number of ether oxygens (including phenoxy) is 1. The van der Waals surface area contributed by atoms with Crippen molar-refractivity contribution in [1.29, 1.82) is 0 Å². The van der Waals surface area contributed by atoms with E-state index in [2.05, 4.69) is 19.2 Å². The summed E-state index contributed by atoms with van der Waals surface area (Å²) in [6.45, 7) is 4.94. The van der Waals surface area contributed by atoms with Gasteiger partial charge in [0.05, 0.1) is 12.6 Å². The van der Waals surface area contributed by atoms with Gasteiger partial charge in [-0.3, -0.25) is 4.79 Å². The minimum atomic E-state index is 0.106. The normalized spacial score (nSPS) is 18.1. The molecule has 1 heterocycles. The van der Waals surface area contributed by atoms with Crippen molar-refractivity contribution in [3.05, 3.63) is 29.8 Å². The van der Waals surface area contributed by atoms with E-state index in [0.717, 1.165) is 24.2 Å². The molecule has 0 saturated carbocycles. The van der Waals surface area contributed by atoms with E-state index in [-0.39, 0.29) is 11.9 Å². The summed E-state index contributed by atoms with van der Waals surface area (Å²) in [5, 5.41) is 3.11. The Kier molecular flexibility index (Phi) is 4.24. The Hall–Kier alpha value is -1.51. The zero-order valence-corrected chi connectivity index (χ0v) is 11.1. The van der Waals surface area contributed by atoms with Gasteiger partial charge in [0.15, 0.2) is 0 Å². The molecule has 1 amide bonds. The lowest BCUT2D eigenvalue weighted by atomic mass is 10.00. The molecule has 2 rings (SSSR count). The Bertz CT molecular complexity index is 415. The lowest BCUT2D eigenvalue weighted by Gasteiger charge is -2.26. The number of carbonyl (C=O) groups is 1. The van der Waals surface area contributed by atoms with Crippen LogP contribution in [0.25, 0.3) is 0 Å². The lowest BCUT2D eigenvalue weighted by Crippen LogP contribution is -2.32. The van der Waals surface area contributed by atoms with Gasteiger partial charge in [-0.2, -0.15) is 0 Å². The molecule has 1 aromatic rings. The van der Waals surface area contributed by atoms with Crippen LogP contribution in [0.3, 0.4) is 0 Å². The quantitative estimate of drug-likeness (QED) is 0.888. The van der Waals surface area contributed by atoms with E-state index in [9.17, 15) is 4.79 Å². The number of carbonyl (C=O) groups excluding carboxylic acids is 1. The average Bonchev–Trinajstić information content (AvgIpc) is 2.37. The molecule has 0 aromatic heterocycles. The third-order valence-electron chi connectivity index (χ3n) is 3.24. The van der Waals surface area contributed by atoms with Crippen LogP contribution < -0.4 is 10.1 Å². The maximum Gasteiger partial charge on any atom is 0.220 e. The number of rotatable bonds is 4. The minimum absolute atomic E-state index is 0.106. The van der Waals surface area contributed by atoms with Crippen molar-refractivity contribution in [3.63, 3.8) is 0 Å². The summed E-state index contributed by atoms with van der Waals surface area (Å²) >= 11 is 0. The summed E-state index contributed by atoms with van der Waals surface area (Å²) in [5.74, 6) is 1.61. The first kappa shape index (κ1) is 12.9. The van der Waals surface area contributed by atoms with Gasteiger partial charge in [0.1, 0.15) is 5.75 Å². The van der Waals surface area contributed by atoms with Gasteiger partial charge in [0, 0.05) is 18.4 Å². The zero-order valence-electron chi connectivity index (χ0n) is 11.1. The molecule has 0 spiro atoms. The van der Waals surface area contributed by atoms with E-state index in [4.69, 9.17) is 4.74 Å². The molecule has 0 aliphatic carbocycles. The largest absolute Gasteiger partial charge is 0.493 e. The highest BCUT2D eigenvalue weighted by molar-refractivity contribution is 5.76. The number of para-hydroxylation sites is 1. The van der Waals surface area contributed by atoms with Crippen molar-refractivity contribution in [2.24, 2.45) is 5.92 Å². The van der Waals surface area contributed by atoms with E-state index < -0.39 is 0 Å². The molecule has 3 heteroatoms. The standard InChI is InChI=1S/C15H21NO2/c1-11(2)7-8-15(17)16-13-9-10-18-14-6-4-3-5-12(13)14/h3-6,11,13H,7-10H2,1-2H3,(H,16,17)/t13-/m1/s1. The molecule has 0 bridgehead atoms. The molecule has 0 radical (unpaired) electrons. The topological polar surface area (TPSA) is 38.3 Å². The molecule has 1 N–H and O–H groups in total. The second kappa shape index (κ2) is 5.89. The number of amides is 1. The molecule has 1 aliphatic heterocycles. The zero-order chi connectivity index (χ0) is 13.0. The van der Waals surface area contributed by atoms with Crippen molar-refractivity contribution in [1.82, 2.24) is 5.32 Å². The number of nitrogens with one attached hydrogen (secondary N) is 1. The Morgan fingerprint density at radius 1 is 1.44 bits per heavy atom. The maximum atomic E-state index is 11.9. The van der Waals surface area contributed by atoms with Crippen LogP contribution in [0.15, 0.2) is 24.3 Å². The minimum Gasteiger partial charge on any atom is -0.493 e. The highest BCUT2D eigenvalue weighted by atomic mass is 16.5. The Balaban J connectivity index is 1.96. The van der Waals surface area contributed by atoms with E-state index in [0.29, 0.717) is 18.9 Å². The highest BCUT2D eigenvalue weighted by Gasteiger charge is 2.22. The van der Waals surface area contributed by atoms with Crippen molar-refractivity contribution in [2.75, 3.05) is 6.61 Å². The molecular formula is C15H21NO2. The van der Waals surface area contributed by atoms with E-state index in [1.54, 1.807) is 0 Å². The fraction of sp³-hybridized carbons (Fsp3) is 0.533. The monoisotopic (exact) mass is 247 g/mol. The van der Waals surface area contributed by atoms with Crippen molar-refractivity contribution in [2.45, 2.75) is 39.2 Å². The van der Waals surface area contributed by atoms with Gasteiger partial charge < -0.3 is 10.1 Å². The van der Waals surface area contributed by atoms with Gasteiger partial charge in [-0.25, -0.2) is 0 Å². The molecule has 0 fully saturated rings. The fourth-order valence-corrected chi connectivity index (χ4v) is 2.18. The van der Waals surface area contributed by atoms with Crippen LogP contribution in [-0.2, 0) is 4.79 Å². The van der Waals surface area contributed by atoms with Gasteiger partial charge in [-0.05, 0) is 18.4 Å². The number of benzene rings is 1. The summed E-state index contributed by atoms with van der Waals surface area (Å²) in [7, 11) is 0. The van der Waals surface area contributed by atoms with E-state index >= 15 is 0 Å². The van der Waals surface area contributed by atoms with Crippen LogP contribution in [0.4, 0.5) is 0 Å². The Morgan fingerprint density at radius 2 is 2.22 bits per heavy atom. The van der Waals surface area contributed by atoms with Gasteiger partial charge in [-0.15, -0.1) is 0 Å². The molecule has 1 atom stereocenters. The van der Waals surface area contributed by atoms with Crippen molar-refractivity contribution >= 4 is 5.91 Å². The van der Waals surface area contributed by atoms with E-state index in [1.165, 1.54) is 0 Å². The summed E-state index contributed by atoms with van der Waals surface area (Å²) < 4.78 is 5.58. The molecule has 0 saturated heterocycles. The fourth-order valence-electron chi connectivity index (χ4n) is 2.18. The first-order valence-electron chi connectivity index (χ1n) is 6.68. The first-order chi connectivity index (χ1) is 8.66. The lowest BCUT2D eigenvalue weighted by molar-refractivity contribution is -0.122. The maximum absolute atomic E-state index is 11.9. The van der Waals surface area contributed by atoms with Crippen LogP contribution >= 0.6 is 0 Å². The van der Waals surface area contributed by atoms with Gasteiger partial charge in [-0.1, -0.05) is 32.0 Å². The Labute approximate surface area is 109 Å². The average molecular weight is 247 g/mol. The summed E-state index contributed by atoms with van der Waals surface area (Å²) in [5.41, 5.74) is 1.10. The first-order valence-corrected chi connectivity index (χ1v) is 6.68. The summed E-state index contributed by atoms with van der Waals surface area (Å²) in [4.78, 5) is 11.9. The second-order valence-electron chi connectivity index (χ2n) is 5.23. The molecule has 98 valence electrons. The molecule has 1 aliphatic rings. The van der Waals surface area contributed by atoms with Crippen LogP contribution in [-0.4, -0.2) is 12.5 Å². The third kappa shape index (κ3) is 3.25. The predicted molar refractivity (Wildman–Crippen MR) is 71.5 cm³/mol. The van der Waals surface area contributed by atoms with Gasteiger partial charge in [0.25, 0.3) is 0 Å². The Morgan fingerprint density at radius 3 is 3.00 bits per heavy atom. The second-order valence-corrected chi connectivity index (χ2v) is 5.23. The number of fused-ring (bicyclic) bond motifs is 1. The molecule has 1 aromatic carbocycles. The SMILES string of the molecule is CC(C)CCC(=O)N[C@@H]1CCOc2ccccc21. The van der Waals surface area contributed by atoms with Gasteiger partial charge in [0.2, 0.25) is 5.91 Å². The summed E-state index contributed by atoms with van der Waals surface area (Å²) in [6, 6.07) is 8.04. The van der Waals surface area contributed by atoms with Crippen molar-refractivity contribution in [3.8, 4) is 5.75 Å². The van der Waals surface area contributed by atoms with E-state index in [1.807, 2.05) is 24.3 Å². The molecule has 3 nitrogen and oxygen atoms in total. The smallest absolute Gasteiger partial charge is 0.220 e. The van der Waals surface area contributed by atoms with Crippen LogP contribution in [0.5, 0.6) is 5.75 Å². The predicted octanol–water partition coefficient (Wildman–Crippen LogP) is 3.06. The number of hydrogen-bond acceptors (Lipinski definition) is 2. The number of hydrogen-bond donors (Lipinski definition) is 1. The van der Waals surface area contributed by atoms with Crippen LogP contribution in [0, 0.1) is 5.92 Å². The molecular weight excluding hydrogens is 226 g/mol. The van der Waals surface area contributed by atoms with Crippen LogP contribution in [0.2, 0.25) is 0 Å². The highest BCUT2D eigenvalue weighted by Crippen LogP contribution is 2.31. The van der Waals surface area contributed by atoms with Crippen molar-refractivity contribution < 1.29 is 9.53 Å². The third-order valence-corrected chi connectivity index (χ3v) is 3.24. The van der Waals surface area contributed by atoms with Crippen LogP contribution in [0.1, 0.15) is 44.7 Å². The molecule has 0 unspecified atom stereocenters. The van der Waals surface area contributed by atoms with Gasteiger partial charge >= 0.3 is 0 Å². The summed E-state index contributed by atoms with van der Waals surface area (Å²) in [6.07, 6.45) is 2.40. The molecule has 18 heavy (non-hydrogen) atoms.